The van der Waals surface area contributed by atoms with Crippen molar-refractivity contribution in [3.8, 4) is 0 Å². The molecular weight excluding hydrogens is 216 g/mol. The molecule has 1 heterocycles. The molecule has 0 amide bonds. The van der Waals surface area contributed by atoms with E-state index in [1.807, 2.05) is 0 Å². The van der Waals surface area contributed by atoms with Crippen molar-refractivity contribution in [2.45, 2.75) is 6.92 Å². The lowest BCUT2D eigenvalue weighted by Gasteiger charge is -1.97. The van der Waals surface area contributed by atoms with Crippen LogP contribution in [0.15, 0.2) is 16.5 Å². The number of rotatable bonds is 4. The number of ketones is 1. The van der Waals surface area contributed by atoms with Crippen molar-refractivity contribution in [3.63, 3.8) is 0 Å². The summed E-state index contributed by atoms with van der Waals surface area (Å²) in [7, 11) is 1.08. The number of hydrogen-bond acceptors (Lipinski definition) is 6. The summed E-state index contributed by atoms with van der Waals surface area (Å²) in [6.45, 7) is 1.83. The van der Waals surface area contributed by atoms with Crippen molar-refractivity contribution >= 4 is 17.7 Å². The molecule has 0 radical (unpaired) electrons. The molecule has 0 bridgehead atoms. The second-order valence-electron chi connectivity index (χ2n) is 2.71. The zero-order valence-corrected chi connectivity index (χ0v) is 8.81. The van der Waals surface area contributed by atoms with Gasteiger partial charge in [-0.3, -0.25) is 4.79 Å². The fourth-order valence-electron chi connectivity index (χ4n) is 0.965. The van der Waals surface area contributed by atoms with Crippen molar-refractivity contribution in [2.24, 2.45) is 0 Å². The lowest BCUT2D eigenvalue weighted by atomic mass is 10.3. The lowest BCUT2D eigenvalue weighted by Crippen LogP contribution is -2.14. The second kappa shape index (κ2) is 5.11. The first-order valence-corrected chi connectivity index (χ1v) is 4.49. The molecule has 0 aromatic carbocycles. The van der Waals surface area contributed by atoms with Crippen LogP contribution in [0, 0.1) is 0 Å². The number of hydrogen-bond donors (Lipinski definition) is 0. The fraction of sp³-hybridized carbons (Fsp3) is 0.300. The maximum Gasteiger partial charge on any atom is 0.382 e. The van der Waals surface area contributed by atoms with E-state index in [1.54, 1.807) is 6.92 Å². The number of Topliss-reactive ketones (excluding diaryl/α,β-unsaturated/α-hetero) is 1. The van der Waals surface area contributed by atoms with Crippen LogP contribution in [-0.4, -0.2) is 31.4 Å². The number of esters is 2. The third-order valence-corrected chi connectivity index (χ3v) is 1.68. The van der Waals surface area contributed by atoms with Crippen molar-refractivity contribution in [1.82, 2.24) is 0 Å². The Bertz CT molecular complexity index is 417. The molecule has 1 aromatic heterocycles. The highest BCUT2D eigenvalue weighted by Crippen LogP contribution is 2.10. The van der Waals surface area contributed by atoms with Gasteiger partial charge in [-0.2, -0.15) is 0 Å². The van der Waals surface area contributed by atoms with Crippen LogP contribution >= 0.6 is 0 Å². The number of furan rings is 1. The molecule has 0 spiro atoms. The van der Waals surface area contributed by atoms with Crippen molar-refractivity contribution in [1.29, 1.82) is 0 Å². The highest BCUT2D eigenvalue weighted by atomic mass is 16.5. The van der Waals surface area contributed by atoms with E-state index in [-0.39, 0.29) is 18.1 Å². The summed E-state index contributed by atoms with van der Waals surface area (Å²) in [5.74, 6) is -3.07. The van der Waals surface area contributed by atoms with Gasteiger partial charge in [0.15, 0.2) is 5.76 Å². The molecular formula is C10H10O6. The summed E-state index contributed by atoms with van der Waals surface area (Å²) in [6.07, 6.45) is 0. The minimum Gasteiger partial charge on any atom is -0.463 e. The third kappa shape index (κ3) is 2.47. The van der Waals surface area contributed by atoms with Gasteiger partial charge >= 0.3 is 17.7 Å². The maximum atomic E-state index is 11.2. The van der Waals surface area contributed by atoms with Crippen LogP contribution in [-0.2, 0) is 14.3 Å². The van der Waals surface area contributed by atoms with E-state index in [4.69, 9.17) is 4.42 Å². The molecule has 0 N–H and O–H groups in total. The molecule has 1 rings (SSSR count). The smallest absolute Gasteiger partial charge is 0.382 e. The molecule has 6 nitrogen and oxygen atoms in total. The van der Waals surface area contributed by atoms with E-state index in [9.17, 15) is 14.4 Å². The molecule has 0 fully saturated rings. The van der Waals surface area contributed by atoms with Gasteiger partial charge in [0.25, 0.3) is 0 Å². The Morgan fingerprint density at radius 2 is 1.88 bits per heavy atom. The van der Waals surface area contributed by atoms with Gasteiger partial charge < -0.3 is 13.9 Å². The molecule has 16 heavy (non-hydrogen) atoms. The Labute approximate surface area is 91.1 Å². The van der Waals surface area contributed by atoms with Crippen LogP contribution < -0.4 is 0 Å². The van der Waals surface area contributed by atoms with E-state index in [1.165, 1.54) is 12.1 Å². The number of carbonyl (C=O) groups is 3. The van der Waals surface area contributed by atoms with Crippen molar-refractivity contribution in [3.05, 3.63) is 23.7 Å². The predicted octanol–water partition coefficient (Wildman–Crippen LogP) is 0.812. The molecule has 6 heteroatoms. The average Bonchev–Trinajstić information content (AvgIpc) is 2.76. The standard InChI is InChI=1S/C10H10O6/c1-3-15-9(12)7-5-4-6(16-7)8(11)10(13)14-2/h4-5H,3H2,1-2H3. The monoisotopic (exact) mass is 226 g/mol. The van der Waals surface area contributed by atoms with Gasteiger partial charge in [0, 0.05) is 0 Å². The summed E-state index contributed by atoms with van der Waals surface area (Å²) in [5, 5.41) is 0. The first-order valence-electron chi connectivity index (χ1n) is 4.49. The maximum absolute atomic E-state index is 11.2. The van der Waals surface area contributed by atoms with Crippen LogP contribution in [0.3, 0.4) is 0 Å². The molecule has 0 saturated carbocycles. The topological polar surface area (TPSA) is 82.8 Å². The van der Waals surface area contributed by atoms with Gasteiger partial charge in [-0.25, -0.2) is 9.59 Å². The Hall–Kier alpha value is -2.11. The second-order valence-corrected chi connectivity index (χ2v) is 2.71. The Balaban J connectivity index is 2.83. The van der Waals surface area contributed by atoms with E-state index < -0.39 is 17.7 Å². The van der Waals surface area contributed by atoms with Crippen LogP contribution in [0.5, 0.6) is 0 Å². The average molecular weight is 226 g/mol. The van der Waals surface area contributed by atoms with Gasteiger partial charge in [0.1, 0.15) is 0 Å². The predicted molar refractivity (Wildman–Crippen MR) is 51.0 cm³/mol. The van der Waals surface area contributed by atoms with Crippen molar-refractivity contribution in [2.75, 3.05) is 13.7 Å². The van der Waals surface area contributed by atoms with Gasteiger partial charge in [-0.15, -0.1) is 0 Å². The van der Waals surface area contributed by atoms with E-state index in [0.717, 1.165) is 7.11 Å². The molecule has 0 aliphatic rings. The molecule has 0 unspecified atom stereocenters. The van der Waals surface area contributed by atoms with Gasteiger partial charge in [-0.05, 0) is 19.1 Å². The van der Waals surface area contributed by atoms with Crippen LogP contribution in [0.2, 0.25) is 0 Å². The quantitative estimate of drug-likeness (QED) is 0.429. The minimum atomic E-state index is -1.05. The largest absolute Gasteiger partial charge is 0.463 e. The van der Waals surface area contributed by atoms with E-state index in [0.29, 0.717) is 0 Å². The molecule has 86 valence electrons. The third-order valence-electron chi connectivity index (χ3n) is 1.68. The number of carbonyl (C=O) groups excluding carboxylic acids is 3. The summed E-state index contributed by atoms with van der Waals surface area (Å²) < 4.78 is 13.7. The van der Waals surface area contributed by atoms with Gasteiger partial charge in [0.05, 0.1) is 13.7 Å². The zero-order chi connectivity index (χ0) is 12.1. The van der Waals surface area contributed by atoms with Gasteiger partial charge in [0.2, 0.25) is 5.76 Å². The lowest BCUT2D eigenvalue weighted by molar-refractivity contribution is -0.135. The minimum absolute atomic E-state index is 0.130. The van der Waals surface area contributed by atoms with Crippen molar-refractivity contribution < 1.29 is 28.3 Å². The highest BCUT2D eigenvalue weighted by Gasteiger charge is 2.22. The fourth-order valence-corrected chi connectivity index (χ4v) is 0.965. The van der Waals surface area contributed by atoms with E-state index >= 15 is 0 Å². The molecule has 0 atom stereocenters. The Morgan fingerprint density at radius 1 is 1.25 bits per heavy atom. The summed E-state index contributed by atoms with van der Waals surface area (Å²) in [6, 6.07) is 2.47. The summed E-state index contributed by atoms with van der Waals surface area (Å²) in [5.41, 5.74) is 0. The molecule has 1 aromatic rings. The molecule has 0 aliphatic carbocycles. The first kappa shape index (κ1) is 12.0. The Morgan fingerprint density at radius 3 is 2.44 bits per heavy atom. The molecule has 0 aliphatic heterocycles. The highest BCUT2D eigenvalue weighted by molar-refractivity contribution is 6.39. The van der Waals surface area contributed by atoms with Crippen LogP contribution in [0.1, 0.15) is 28.0 Å². The molecule has 0 saturated heterocycles. The number of ether oxygens (including phenoxy) is 2. The first-order chi connectivity index (χ1) is 7.60. The van der Waals surface area contributed by atoms with E-state index in [2.05, 4.69) is 9.47 Å². The zero-order valence-electron chi connectivity index (χ0n) is 8.81. The Kier molecular flexibility index (Phi) is 3.82. The van der Waals surface area contributed by atoms with Gasteiger partial charge in [-0.1, -0.05) is 0 Å². The summed E-state index contributed by atoms with van der Waals surface area (Å²) in [4.78, 5) is 33.3. The normalized spacial score (nSPS) is 9.62. The SMILES string of the molecule is CCOC(=O)c1ccc(C(=O)C(=O)OC)o1. The van der Waals surface area contributed by atoms with Crippen LogP contribution in [0.25, 0.3) is 0 Å². The summed E-state index contributed by atoms with van der Waals surface area (Å²) >= 11 is 0. The number of methoxy groups -OCH3 is 1. The van der Waals surface area contributed by atoms with Crippen LogP contribution in [0.4, 0.5) is 0 Å².